The first-order valence-electron chi connectivity index (χ1n) is 4.80. The molecule has 1 N–H and O–H groups in total. The van der Waals surface area contributed by atoms with Gasteiger partial charge in [0.25, 0.3) is 0 Å². The van der Waals surface area contributed by atoms with Crippen LogP contribution in [0.15, 0.2) is 0 Å². The number of carbonyl (C=O) groups excluding carboxylic acids is 1. The largest absolute Gasteiger partial charge is 0.343 e. The molecule has 0 aromatic rings. The molecule has 0 radical (unpaired) electrons. The Morgan fingerprint density at radius 2 is 2.23 bits per heavy atom. The van der Waals surface area contributed by atoms with Gasteiger partial charge in [-0.2, -0.15) is 0 Å². The molecule has 2 rings (SSSR count). The van der Waals surface area contributed by atoms with Gasteiger partial charge in [-0.25, -0.2) is 0 Å². The minimum atomic E-state index is 0.211. The zero-order chi connectivity index (χ0) is 9.47. The molecule has 0 saturated carbocycles. The molecule has 4 heteroatoms. The molecule has 0 aromatic carbocycles. The fraction of sp³-hybridized carbons (Fsp3) is 0.889. The highest BCUT2D eigenvalue weighted by molar-refractivity contribution is 5.79. The molecule has 1 amide bonds. The van der Waals surface area contributed by atoms with E-state index in [1.807, 2.05) is 11.9 Å². The first-order valence-corrected chi connectivity index (χ1v) is 4.80. The summed E-state index contributed by atoms with van der Waals surface area (Å²) in [6.07, 6.45) is 1.15. The molecular weight excluding hydrogens is 166 g/mol. The second kappa shape index (κ2) is 2.96. The quantitative estimate of drug-likeness (QED) is 0.530. The number of hydrogen-bond acceptors (Lipinski definition) is 3. The van der Waals surface area contributed by atoms with E-state index in [0.717, 1.165) is 26.1 Å². The van der Waals surface area contributed by atoms with Gasteiger partial charge in [0.15, 0.2) is 0 Å². The van der Waals surface area contributed by atoms with Crippen molar-refractivity contribution in [3.8, 4) is 0 Å². The Labute approximate surface area is 78.9 Å². The number of nitrogens with one attached hydrogen (secondary N) is 1. The van der Waals surface area contributed by atoms with Crippen molar-refractivity contribution in [3.05, 3.63) is 0 Å². The van der Waals surface area contributed by atoms with E-state index < -0.39 is 0 Å². The maximum Gasteiger partial charge on any atom is 0.236 e. The summed E-state index contributed by atoms with van der Waals surface area (Å²) in [6.45, 7) is 3.53. The van der Waals surface area contributed by atoms with E-state index in [1.54, 1.807) is 0 Å². The van der Waals surface area contributed by atoms with Gasteiger partial charge in [0, 0.05) is 20.1 Å². The molecule has 2 saturated heterocycles. The van der Waals surface area contributed by atoms with E-state index in [0.29, 0.717) is 6.54 Å². The molecule has 1 spiro atoms. The molecule has 1 atom stereocenters. The number of hydrogen-bond donors (Lipinski definition) is 1. The first-order chi connectivity index (χ1) is 6.14. The van der Waals surface area contributed by atoms with Crippen LogP contribution in [0.2, 0.25) is 0 Å². The van der Waals surface area contributed by atoms with Crippen LogP contribution in [0.5, 0.6) is 0 Å². The Kier molecular flexibility index (Phi) is 2.04. The van der Waals surface area contributed by atoms with E-state index in [2.05, 4.69) is 17.3 Å². The normalized spacial score (nSPS) is 36.2. The maximum atomic E-state index is 11.4. The highest BCUT2D eigenvalue weighted by Crippen LogP contribution is 2.25. The molecule has 1 unspecified atom stereocenters. The van der Waals surface area contributed by atoms with Gasteiger partial charge in [-0.15, -0.1) is 0 Å². The van der Waals surface area contributed by atoms with Crippen LogP contribution in [-0.4, -0.2) is 61.5 Å². The van der Waals surface area contributed by atoms with Crippen molar-refractivity contribution in [1.82, 2.24) is 15.1 Å². The van der Waals surface area contributed by atoms with Crippen LogP contribution in [0.1, 0.15) is 6.42 Å². The summed E-state index contributed by atoms with van der Waals surface area (Å²) >= 11 is 0. The van der Waals surface area contributed by atoms with Crippen LogP contribution in [-0.2, 0) is 4.79 Å². The monoisotopic (exact) mass is 183 g/mol. The molecule has 74 valence electrons. The molecular formula is C9H17N3O. The Hall–Kier alpha value is -0.610. The van der Waals surface area contributed by atoms with Crippen molar-refractivity contribution in [1.29, 1.82) is 0 Å². The van der Waals surface area contributed by atoms with Crippen molar-refractivity contribution >= 4 is 5.91 Å². The van der Waals surface area contributed by atoms with E-state index >= 15 is 0 Å². The molecule has 0 aliphatic carbocycles. The third-order valence-electron chi connectivity index (χ3n) is 3.36. The third kappa shape index (κ3) is 1.34. The van der Waals surface area contributed by atoms with Gasteiger partial charge in [-0.1, -0.05) is 0 Å². The van der Waals surface area contributed by atoms with Gasteiger partial charge in [0.05, 0.1) is 12.1 Å². The fourth-order valence-corrected chi connectivity index (χ4v) is 2.33. The van der Waals surface area contributed by atoms with Crippen molar-refractivity contribution in [2.75, 3.05) is 40.3 Å². The summed E-state index contributed by atoms with van der Waals surface area (Å²) in [4.78, 5) is 15.5. The predicted molar refractivity (Wildman–Crippen MR) is 50.5 cm³/mol. The van der Waals surface area contributed by atoms with Crippen LogP contribution >= 0.6 is 0 Å². The molecule has 0 aromatic heterocycles. The van der Waals surface area contributed by atoms with Crippen LogP contribution in [0.4, 0.5) is 0 Å². The Bertz CT molecular complexity index is 223. The van der Waals surface area contributed by atoms with E-state index in [-0.39, 0.29) is 11.4 Å². The van der Waals surface area contributed by atoms with Crippen LogP contribution < -0.4 is 5.32 Å². The average Bonchev–Trinajstić information content (AvgIpc) is 2.51. The summed E-state index contributed by atoms with van der Waals surface area (Å²) in [5.41, 5.74) is 0.211. The van der Waals surface area contributed by atoms with Crippen molar-refractivity contribution < 1.29 is 4.79 Å². The Morgan fingerprint density at radius 3 is 2.85 bits per heavy atom. The van der Waals surface area contributed by atoms with Gasteiger partial charge in [0.2, 0.25) is 5.91 Å². The molecule has 2 fully saturated rings. The molecule has 2 aliphatic rings. The number of likely N-dealkylation sites (N-methyl/N-ethyl adjacent to an activating group) is 2. The fourth-order valence-electron chi connectivity index (χ4n) is 2.33. The van der Waals surface area contributed by atoms with Crippen LogP contribution in [0.25, 0.3) is 0 Å². The summed E-state index contributed by atoms with van der Waals surface area (Å²) in [5.74, 6) is 0.236. The minimum absolute atomic E-state index is 0.211. The predicted octanol–water partition coefficient (Wildman–Crippen LogP) is -0.878. The zero-order valence-corrected chi connectivity index (χ0v) is 8.34. The second-order valence-corrected chi connectivity index (χ2v) is 4.26. The number of rotatable bonds is 0. The standard InChI is InChI=1S/C9H17N3O/c1-11-7-9(3-4-10-6-9)12(2)5-8(11)13/h10H,3-7H2,1-2H3. The van der Waals surface area contributed by atoms with Crippen molar-refractivity contribution in [2.45, 2.75) is 12.0 Å². The van der Waals surface area contributed by atoms with Gasteiger partial charge < -0.3 is 10.2 Å². The summed E-state index contributed by atoms with van der Waals surface area (Å²) < 4.78 is 0. The summed E-state index contributed by atoms with van der Waals surface area (Å²) in [7, 11) is 3.95. The smallest absolute Gasteiger partial charge is 0.236 e. The maximum absolute atomic E-state index is 11.4. The molecule has 2 heterocycles. The van der Waals surface area contributed by atoms with E-state index in [4.69, 9.17) is 0 Å². The highest BCUT2D eigenvalue weighted by Gasteiger charge is 2.43. The number of nitrogens with zero attached hydrogens (tertiary/aromatic N) is 2. The minimum Gasteiger partial charge on any atom is -0.343 e. The molecule has 0 bridgehead atoms. The Balaban J connectivity index is 2.15. The molecule has 4 nitrogen and oxygen atoms in total. The lowest BCUT2D eigenvalue weighted by Gasteiger charge is -2.45. The van der Waals surface area contributed by atoms with Crippen LogP contribution in [0, 0.1) is 0 Å². The van der Waals surface area contributed by atoms with Crippen LogP contribution in [0.3, 0.4) is 0 Å². The van der Waals surface area contributed by atoms with Crippen molar-refractivity contribution in [2.24, 2.45) is 0 Å². The number of piperazine rings is 1. The second-order valence-electron chi connectivity index (χ2n) is 4.26. The van der Waals surface area contributed by atoms with E-state index in [1.165, 1.54) is 0 Å². The van der Waals surface area contributed by atoms with Gasteiger partial charge in [0.1, 0.15) is 0 Å². The van der Waals surface area contributed by atoms with E-state index in [9.17, 15) is 4.79 Å². The van der Waals surface area contributed by atoms with Crippen molar-refractivity contribution in [3.63, 3.8) is 0 Å². The molecule has 2 aliphatic heterocycles. The lowest BCUT2D eigenvalue weighted by molar-refractivity contribution is -0.139. The lowest BCUT2D eigenvalue weighted by Crippen LogP contribution is -2.63. The summed E-state index contributed by atoms with van der Waals surface area (Å²) in [5, 5.41) is 3.37. The Morgan fingerprint density at radius 1 is 1.46 bits per heavy atom. The molecule has 13 heavy (non-hydrogen) atoms. The number of carbonyl (C=O) groups is 1. The average molecular weight is 183 g/mol. The van der Waals surface area contributed by atoms with Gasteiger partial charge in [-0.05, 0) is 20.0 Å². The topological polar surface area (TPSA) is 35.6 Å². The zero-order valence-electron chi connectivity index (χ0n) is 8.34. The highest BCUT2D eigenvalue weighted by atomic mass is 16.2. The van der Waals surface area contributed by atoms with Gasteiger partial charge >= 0.3 is 0 Å². The third-order valence-corrected chi connectivity index (χ3v) is 3.36. The van der Waals surface area contributed by atoms with Gasteiger partial charge in [-0.3, -0.25) is 9.69 Å². The SMILES string of the molecule is CN1CC2(CCNC2)N(C)CC1=O. The first kappa shape index (κ1) is 8.97. The lowest BCUT2D eigenvalue weighted by atomic mass is 9.93. The summed E-state index contributed by atoms with van der Waals surface area (Å²) in [6, 6.07) is 0. The number of amides is 1.